The zero-order valence-corrected chi connectivity index (χ0v) is 14.3. The first-order valence-corrected chi connectivity index (χ1v) is 8.27. The van der Waals surface area contributed by atoms with Gasteiger partial charge in [-0.25, -0.2) is 0 Å². The highest BCUT2D eigenvalue weighted by molar-refractivity contribution is 4.91. The fourth-order valence-corrected chi connectivity index (χ4v) is 2.99. The van der Waals surface area contributed by atoms with Gasteiger partial charge in [0.2, 0.25) is 0 Å². The van der Waals surface area contributed by atoms with Crippen molar-refractivity contribution in [3.8, 4) is 0 Å². The van der Waals surface area contributed by atoms with Gasteiger partial charge in [-0.3, -0.25) is 4.90 Å². The summed E-state index contributed by atoms with van der Waals surface area (Å²) in [5.41, 5.74) is 0.414. The molecule has 0 amide bonds. The fraction of sp³-hybridized carbons (Fsp3) is 1.00. The third-order valence-corrected chi connectivity index (χ3v) is 5.53. The minimum Gasteiger partial charge on any atom is -0.314 e. The van der Waals surface area contributed by atoms with Gasteiger partial charge < -0.3 is 5.32 Å². The third kappa shape index (κ3) is 4.46. The molecule has 0 bridgehead atoms. The van der Waals surface area contributed by atoms with Crippen LogP contribution in [0.5, 0.6) is 0 Å². The van der Waals surface area contributed by atoms with Crippen LogP contribution < -0.4 is 5.32 Å². The van der Waals surface area contributed by atoms with E-state index in [1.54, 1.807) is 0 Å². The Hall–Kier alpha value is -0.0800. The average Bonchev–Trinajstić information content (AvgIpc) is 2.34. The second-order valence-electron chi connectivity index (χ2n) is 7.56. The third-order valence-electron chi connectivity index (χ3n) is 5.53. The Labute approximate surface area is 121 Å². The van der Waals surface area contributed by atoms with Crippen molar-refractivity contribution in [1.29, 1.82) is 0 Å². The molecule has 0 saturated carbocycles. The van der Waals surface area contributed by atoms with E-state index in [-0.39, 0.29) is 0 Å². The molecule has 114 valence electrons. The summed E-state index contributed by atoms with van der Waals surface area (Å²) in [5.74, 6) is 1.49. The number of rotatable bonds is 6. The van der Waals surface area contributed by atoms with Gasteiger partial charge in [0.05, 0.1) is 0 Å². The molecule has 1 heterocycles. The first-order chi connectivity index (χ1) is 8.79. The van der Waals surface area contributed by atoms with Gasteiger partial charge in [0.25, 0.3) is 0 Å². The zero-order chi connectivity index (χ0) is 14.6. The second kappa shape index (κ2) is 7.08. The summed E-state index contributed by atoms with van der Waals surface area (Å²) in [5, 5.41) is 3.73. The van der Waals surface area contributed by atoms with Gasteiger partial charge in [0.1, 0.15) is 0 Å². The van der Waals surface area contributed by atoms with E-state index < -0.39 is 0 Å². The summed E-state index contributed by atoms with van der Waals surface area (Å²) in [6.45, 7) is 20.3. The Morgan fingerprint density at radius 3 is 2.42 bits per heavy atom. The van der Waals surface area contributed by atoms with Gasteiger partial charge in [0.15, 0.2) is 0 Å². The quantitative estimate of drug-likeness (QED) is 0.789. The minimum absolute atomic E-state index is 0.414. The summed E-state index contributed by atoms with van der Waals surface area (Å²) in [6.07, 6.45) is 2.54. The van der Waals surface area contributed by atoms with Crippen molar-refractivity contribution in [2.75, 3.05) is 19.6 Å². The van der Waals surface area contributed by atoms with Gasteiger partial charge in [-0.05, 0) is 50.1 Å². The minimum atomic E-state index is 0.414. The summed E-state index contributed by atoms with van der Waals surface area (Å²) >= 11 is 0. The molecule has 2 heteroatoms. The molecule has 19 heavy (non-hydrogen) atoms. The Balaban J connectivity index is 2.57. The van der Waals surface area contributed by atoms with Gasteiger partial charge in [-0.15, -0.1) is 0 Å². The van der Waals surface area contributed by atoms with Crippen LogP contribution in [0.25, 0.3) is 0 Å². The van der Waals surface area contributed by atoms with Crippen molar-refractivity contribution in [3.05, 3.63) is 0 Å². The number of nitrogens with zero attached hydrogens (tertiary/aromatic N) is 1. The Morgan fingerprint density at radius 1 is 1.26 bits per heavy atom. The summed E-state index contributed by atoms with van der Waals surface area (Å²) < 4.78 is 0. The zero-order valence-electron chi connectivity index (χ0n) is 14.3. The smallest absolute Gasteiger partial charge is 0.0120 e. The Kier molecular flexibility index (Phi) is 6.32. The predicted molar refractivity (Wildman–Crippen MR) is 85.5 cm³/mol. The Bertz CT molecular complexity index is 260. The number of hydrogen-bond acceptors (Lipinski definition) is 2. The van der Waals surface area contributed by atoms with Crippen LogP contribution in [0.15, 0.2) is 0 Å². The Morgan fingerprint density at radius 2 is 1.89 bits per heavy atom. The van der Waals surface area contributed by atoms with E-state index >= 15 is 0 Å². The molecule has 0 radical (unpaired) electrons. The van der Waals surface area contributed by atoms with E-state index in [1.807, 2.05) is 0 Å². The van der Waals surface area contributed by atoms with Crippen LogP contribution in [-0.4, -0.2) is 36.6 Å². The van der Waals surface area contributed by atoms with Crippen LogP contribution in [0, 0.1) is 17.3 Å². The van der Waals surface area contributed by atoms with Crippen LogP contribution in [0.1, 0.15) is 61.3 Å². The normalized spacial score (nSPS) is 30.0. The standard InChI is InChI=1S/C17H36N2/c1-8-10-18-16-9-11-19(15(5)14(16)4)12-17(6,7)13(2)3/h13-16,18H,8-12H2,1-7H3. The lowest BCUT2D eigenvalue weighted by Crippen LogP contribution is -2.55. The van der Waals surface area contributed by atoms with Crippen molar-refractivity contribution < 1.29 is 0 Å². The molecule has 3 unspecified atom stereocenters. The van der Waals surface area contributed by atoms with Crippen molar-refractivity contribution >= 4 is 0 Å². The monoisotopic (exact) mass is 268 g/mol. The van der Waals surface area contributed by atoms with E-state index in [1.165, 1.54) is 32.5 Å². The second-order valence-corrected chi connectivity index (χ2v) is 7.56. The van der Waals surface area contributed by atoms with E-state index in [0.717, 1.165) is 11.8 Å². The molecule has 3 atom stereocenters. The maximum absolute atomic E-state index is 3.73. The molecule has 0 spiro atoms. The lowest BCUT2D eigenvalue weighted by atomic mass is 9.78. The molecule has 1 aliphatic heterocycles. The molecule has 0 aromatic carbocycles. The fourth-order valence-electron chi connectivity index (χ4n) is 2.99. The van der Waals surface area contributed by atoms with Crippen LogP contribution in [-0.2, 0) is 0 Å². The molecule has 1 saturated heterocycles. The summed E-state index contributed by atoms with van der Waals surface area (Å²) in [4.78, 5) is 2.72. The van der Waals surface area contributed by atoms with Crippen molar-refractivity contribution in [2.45, 2.75) is 73.4 Å². The first-order valence-electron chi connectivity index (χ1n) is 8.27. The number of piperidine rings is 1. The van der Waals surface area contributed by atoms with Crippen molar-refractivity contribution in [1.82, 2.24) is 10.2 Å². The lowest BCUT2D eigenvalue weighted by Gasteiger charge is -2.46. The van der Waals surface area contributed by atoms with Crippen LogP contribution >= 0.6 is 0 Å². The van der Waals surface area contributed by atoms with E-state index in [0.29, 0.717) is 17.5 Å². The van der Waals surface area contributed by atoms with E-state index in [4.69, 9.17) is 0 Å². The molecule has 0 aliphatic carbocycles. The first kappa shape index (κ1) is 17.0. The summed E-state index contributed by atoms with van der Waals surface area (Å²) in [7, 11) is 0. The maximum atomic E-state index is 3.73. The molecular formula is C17H36N2. The number of hydrogen-bond donors (Lipinski definition) is 1. The van der Waals surface area contributed by atoms with Crippen molar-refractivity contribution in [2.24, 2.45) is 17.3 Å². The molecule has 1 aliphatic rings. The lowest BCUT2D eigenvalue weighted by molar-refractivity contribution is 0.0376. The van der Waals surface area contributed by atoms with Crippen LogP contribution in [0.4, 0.5) is 0 Å². The van der Waals surface area contributed by atoms with Gasteiger partial charge in [-0.1, -0.05) is 41.5 Å². The van der Waals surface area contributed by atoms with Crippen LogP contribution in [0.3, 0.4) is 0 Å². The molecule has 0 aromatic rings. The molecule has 0 aromatic heterocycles. The van der Waals surface area contributed by atoms with Gasteiger partial charge in [0, 0.05) is 18.6 Å². The maximum Gasteiger partial charge on any atom is 0.0120 e. The van der Waals surface area contributed by atoms with Gasteiger partial charge in [-0.2, -0.15) is 0 Å². The van der Waals surface area contributed by atoms with Crippen molar-refractivity contribution in [3.63, 3.8) is 0 Å². The molecule has 1 fully saturated rings. The molecule has 1 N–H and O–H groups in total. The number of likely N-dealkylation sites (tertiary alicyclic amines) is 1. The van der Waals surface area contributed by atoms with Gasteiger partial charge >= 0.3 is 0 Å². The van der Waals surface area contributed by atoms with E-state index in [9.17, 15) is 0 Å². The highest BCUT2D eigenvalue weighted by atomic mass is 15.2. The van der Waals surface area contributed by atoms with Crippen LogP contribution in [0.2, 0.25) is 0 Å². The highest BCUT2D eigenvalue weighted by Gasteiger charge is 2.35. The predicted octanol–water partition coefficient (Wildman–Crippen LogP) is 3.77. The van der Waals surface area contributed by atoms with E-state index in [2.05, 4.69) is 58.7 Å². The highest BCUT2D eigenvalue weighted by Crippen LogP contribution is 2.31. The average molecular weight is 268 g/mol. The molecular weight excluding hydrogens is 232 g/mol. The largest absolute Gasteiger partial charge is 0.314 e. The SMILES string of the molecule is CCCNC1CCN(CC(C)(C)C(C)C)C(C)C1C. The molecule has 1 rings (SSSR count). The number of nitrogens with one attached hydrogen (secondary N) is 1. The summed E-state index contributed by atoms with van der Waals surface area (Å²) in [6, 6.07) is 1.41. The topological polar surface area (TPSA) is 15.3 Å². The molecule has 2 nitrogen and oxygen atoms in total.